The van der Waals surface area contributed by atoms with Gasteiger partial charge in [0.15, 0.2) is 5.92 Å². The molecule has 4 nitrogen and oxygen atoms in total. The maximum atomic E-state index is 11.5. The number of ether oxygens (including phenoxy) is 2. The minimum Gasteiger partial charge on any atom is -0.468 e. The quantitative estimate of drug-likeness (QED) is 0.540. The van der Waals surface area contributed by atoms with E-state index in [4.69, 9.17) is 0 Å². The largest absolute Gasteiger partial charge is 0.468 e. The monoisotopic (exact) mass is 224 g/mol. The Hall–Kier alpha value is -1.58. The molecule has 88 valence electrons. The normalized spacial score (nSPS) is 15.3. The van der Waals surface area contributed by atoms with Gasteiger partial charge in [-0.15, -0.1) is 0 Å². The van der Waals surface area contributed by atoms with Crippen LogP contribution in [0.15, 0.2) is 23.8 Å². The van der Waals surface area contributed by atoms with Crippen LogP contribution in [0.2, 0.25) is 0 Å². The van der Waals surface area contributed by atoms with Crippen molar-refractivity contribution in [3.05, 3.63) is 23.8 Å². The van der Waals surface area contributed by atoms with Crippen LogP contribution in [0.25, 0.3) is 0 Å². The Kier molecular flexibility index (Phi) is 4.76. The molecule has 16 heavy (non-hydrogen) atoms. The Bertz CT molecular complexity index is 312. The van der Waals surface area contributed by atoms with Gasteiger partial charge in [0.1, 0.15) is 0 Å². The number of carbonyl (C=O) groups excluding carboxylic acids is 2. The average molecular weight is 224 g/mol. The third-order valence-corrected chi connectivity index (χ3v) is 2.53. The lowest BCUT2D eigenvalue weighted by molar-refractivity contribution is -0.156. The molecule has 0 unspecified atom stereocenters. The van der Waals surface area contributed by atoms with Crippen LogP contribution in [0.4, 0.5) is 0 Å². The van der Waals surface area contributed by atoms with E-state index in [1.807, 2.05) is 12.2 Å². The van der Waals surface area contributed by atoms with Crippen molar-refractivity contribution in [2.75, 3.05) is 14.2 Å². The lowest BCUT2D eigenvalue weighted by atomic mass is 9.95. The maximum Gasteiger partial charge on any atom is 0.324 e. The number of hydrogen-bond donors (Lipinski definition) is 0. The van der Waals surface area contributed by atoms with E-state index in [1.165, 1.54) is 14.2 Å². The fourth-order valence-electron chi connectivity index (χ4n) is 1.67. The number of allylic oxidation sites excluding steroid dienone is 3. The Morgan fingerprint density at radius 3 is 2.44 bits per heavy atom. The van der Waals surface area contributed by atoms with E-state index in [9.17, 15) is 9.59 Å². The molecule has 0 spiro atoms. The van der Waals surface area contributed by atoms with E-state index < -0.39 is 17.9 Å². The van der Waals surface area contributed by atoms with Crippen molar-refractivity contribution in [3.63, 3.8) is 0 Å². The molecule has 0 amide bonds. The lowest BCUT2D eigenvalue weighted by Crippen LogP contribution is -2.28. The highest BCUT2D eigenvalue weighted by atomic mass is 16.5. The van der Waals surface area contributed by atoms with Crippen molar-refractivity contribution in [1.82, 2.24) is 0 Å². The molecule has 4 heteroatoms. The molecule has 0 heterocycles. The van der Waals surface area contributed by atoms with Crippen molar-refractivity contribution < 1.29 is 19.1 Å². The standard InChI is InChI=1S/C12H16O4/c1-15-11(13)10(12(14)16-2)9-7-5-3-4-6-8-9/h3,5,7,10H,4,6,8H2,1-2H3. The number of carbonyl (C=O) groups is 2. The van der Waals surface area contributed by atoms with Gasteiger partial charge < -0.3 is 9.47 Å². The molecule has 0 aromatic rings. The molecule has 1 rings (SSSR count). The summed E-state index contributed by atoms with van der Waals surface area (Å²) in [5.41, 5.74) is 0.757. The number of esters is 2. The van der Waals surface area contributed by atoms with E-state index >= 15 is 0 Å². The molecular formula is C12H16O4. The minimum atomic E-state index is -0.919. The summed E-state index contributed by atoms with van der Waals surface area (Å²) in [6.07, 6.45) is 8.26. The summed E-state index contributed by atoms with van der Waals surface area (Å²) in [7, 11) is 2.54. The van der Waals surface area contributed by atoms with Crippen LogP contribution in [-0.4, -0.2) is 26.2 Å². The molecule has 1 aliphatic rings. The smallest absolute Gasteiger partial charge is 0.324 e. The molecule has 0 saturated carbocycles. The first kappa shape index (κ1) is 12.5. The summed E-state index contributed by atoms with van der Waals surface area (Å²) in [4.78, 5) is 23.1. The predicted octanol–water partition coefficient (Wildman–Crippen LogP) is 1.62. The Morgan fingerprint density at radius 2 is 1.88 bits per heavy atom. The molecule has 0 bridgehead atoms. The van der Waals surface area contributed by atoms with E-state index in [1.54, 1.807) is 6.08 Å². The van der Waals surface area contributed by atoms with Crippen LogP contribution in [0, 0.1) is 5.92 Å². The predicted molar refractivity (Wildman–Crippen MR) is 58.6 cm³/mol. The van der Waals surface area contributed by atoms with Gasteiger partial charge in [0, 0.05) is 0 Å². The van der Waals surface area contributed by atoms with E-state index in [0.717, 1.165) is 18.4 Å². The van der Waals surface area contributed by atoms with Crippen molar-refractivity contribution >= 4 is 11.9 Å². The molecule has 0 N–H and O–H groups in total. The SMILES string of the molecule is COC(=O)C(C(=O)OC)C1=CC=CCCC1. The van der Waals surface area contributed by atoms with Gasteiger partial charge in [0.05, 0.1) is 14.2 Å². The van der Waals surface area contributed by atoms with Gasteiger partial charge in [-0.05, 0) is 24.8 Å². The molecule has 0 aromatic heterocycles. The Labute approximate surface area is 94.9 Å². The van der Waals surface area contributed by atoms with Gasteiger partial charge in [0.25, 0.3) is 0 Å². The van der Waals surface area contributed by atoms with Gasteiger partial charge in [-0.3, -0.25) is 9.59 Å². The van der Waals surface area contributed by atoms with Gasteiger partial charge in [0.2, 0.25) is 0 Å². The second-order valence-electron chi connectivity index (χ2n) is 3.54. The Balaban J connectivity index is 2.91. The van der Waals surface area contributed by atoms with Gasteiger partial charge in [-0.25, -0.2) is 0 Å². The van der Waals surface area contributed by atoms with Crippen LogP contribution in [0.1, 0.15) is 19.3 Å². The number of methoxy groups -OCH3 is 2. The molecule has 0 aliphatic heterocycles. The number of hydrogen-bond acceptors (Lipinski definition) is 4. The third-order valence-electron chi connectivity index (χ3n) is 2.53. The zero-order valence-electron chi connectivity index (χ0n) is 9.56. The Morgan fingerprint density at radius 1 is 1.25 bits per heavy atom. The van der Waals surface area contributed by atoms with E-state index in [-0.39, 0.29) is 0 Å². The average Bonchev–Trinajstić information content (AvgIpc) is 2.57. The van der Waals surface area contributed by atoms with Gasteiger partial charge in [-0.1, -0.05) is 18.2 Å². The molecule has 0 saturated heterocycles. The first-order valence-corrected chi connectivity index (χ1v) is 5.22. The van der Waals surface area contributed by atoms with Crippen LogP contribution >= 0.6 is 0 Å². The van der Waals surface area contributed by atoms with Gasteiger partial charge >= 0.3 is 11.9 Å². The zero-order chi connectivity index (χ0) is 12.0. The highest BCUT2D eigenvalue weighted by molar-refractivity contribution is 5.98. The lowest BCUT2D eigenvalue weighted by Gasteiger charge is -2.15. The number of rotatable bonds is 3. The molecule has 0 radical (unpaired) electrons. The molecule has 0 aromatic carbocycles. The maximum absolute atomic E-state index is 11.5. The molecule has 1 aliphatic carbocycles. The zero-order valence-corrected chi connectivity index (χ0v) is 9.56. The highest BCUT2D eigenvalue weighted by Gasteiger charge is 2.31. The molecule has 0 fully saturated rings. The topological polar surface area (TPSA) is 52.6 Å². The molecular weight excluding hydrogens is 208 g/mol. The van der Waals surface area contributed by atoms with Crippen molar-refractivity contribution in [1.29, 1.82) is 0 Å². The van der Waals surface area contributed by atoms with Crippen molar-refractivity contribution in [2.45, 2.75) is 19.3 Å². The minimum absolute atomic E-state index is 0.562. The summed E-state index contributed by atoms with van der Waals surface area (Å²) < 4.78 is 9.25. The first-order chi connectivity index (χ1) is 7.70. The van der Waals surface area contributed by atoms with Crippen molar-refractivity contribution in [2.24, 2.45) is 5.92 Å². The summed E-state index contributed by atoms with van der Waals surface area (Å²) in [5.74, 6) is -2.04. The third kappa shape index (κ3) is 2.95. The fourth-order valence-corrected chi connectivity index (χ4v) is 1.67. The highest BCUT2D eigenvalue weighted by Crippen LogP contribution is 2.23. The summed E-state index contributed by atoms with van der Waals surface area (Å²) in [5, 5.41) is 0. The van der Waals surface area contributed by atoms with Crippen molar-refractivity contribution in [3.8, 4) is 0 Å². The summed E-state index contributed by atoms with van der Waals surface area (Å²) in [6.45, 7) is 0. The first-order valence-electron chi connectivity index (χ1n) is 5.22. The summed E-state index contributed by atoms with van der Waals surface area (Å²) in [6, 6.07) is 0. The second-order valence-corrected chi connectivity index (χ2v) is 3.54. The van der Waals surface area contributed by atoms with E-state index in [0.29, 0.717) is 6.42 Å². The van der Waals surface area contributed by atoms with Gasteiger partial charge in [-0.2, -0.15) is 0 Å². The van der Waals surface area contributed by atoms with Crippen LogP contribution < -0.4 is 0 Å². The fraction of sp³-hybridized carbons (Fsp3) is 0.500. The second kappa shape index (κ2) is 6.10. The van der Waals surface area contributed by atoms with Crippen LogP contribution in [0.3, 0.4) is 0 Å². The van der Waals surface area contributed by atoms with E-state index in [2.05, 4.69) is 9.47 Å². The molecule has 0 atom stereocenters. The van der Waals surface area contributed by atoms with Crippen LogP contribution in [0.5, 0.6) is 0 Å². The van der Waals surface area contributed by atoms with Crippen LogP contribution in [-0.2, 0) is 19.1 Å². The summed E-state index contributed by atoms with van der Waals surface area (Å²) >= 11 is 0.